The number of carbonyl (C=O) groups is 2. The topological polar surface area (TPSA) is 67.4 Å². The number of anilines is 1. The van der Waals surface area contributed by atoms with Crippen molar-refractivity contribution < 1.29 is 14.3 Å². The standard InChI is InChI=1S/C18H18BrClN2O3/c1-3-25-17-15(19)8-14(20)9-16(17)22-18(24)13-6-4-12(5-7-13)10-21-11(2)23/h4-9H,3,10H2,1-2H3,(H,21,23)(H,22,24). The van der Waals surface area contributed by atoms with Gasteiger partial charge in [0.1, 0.15) is 0 Å². The van der Waals surface area contributed by atoms with Gasteiger partial charge < -0.3 is 15.4 Å². The number of halogens is 2. The Kier molecular flexibility index (Phi) is 6.84. The molecule has 132 valence electrons. The van der Waals surface area contributed by atoms with E-state index in [0.717, 1.165) is 5.56 Å². The maximum absolute atomic E-state index is 12.5. The third-order valence-electron chi connectivity index (χ3n) is 3.30. The average Bonchev–Trinajstić information content (AvgIpc) is 2.56. The molecule has 0 aliphatic carbocycles. The van der Waals surface area contributed by atoms with Crippen LogP contribution in [0.4, 0.5) is 5.69 Å². The molecule has 0 aliphatic heterocycles. The quantitative estimate of drug-likeness (QED) is 0.721. The second kappa shape index (κ2) is 8.87. The molecule has 0 saturated heterocycles. The van der Waals surface area contributed by atoms with Crippen LogP contribution in [0.25, 0.3) is 0 Å². The summed E-state index contributed by atoms with van der Waals surface area (Å²) in [5.74, 6) is 0.153. The molecule has 0 atom stereocenters. The summed E-state index contributed by atoms with van der Waals surface area (Å²) in [7, 11) is 0. The van der Waals surface area contributed by atoms with Gasteiger partial charge >= 0.3 is 0 Å². The molecule has 0 unspecified atom stereocenters. The third kappa shape index (κ3) is 5.47. The Balaban J connectivity index is 2.15. The van der Waals surface area contributed by atoms with Crippen LogP contribution in [-0.2, 0) is 11.3 Å². The van der Waals surface area contributed by atoms with E-state index in [0.29, 0.717) is 39.6 Å². The van der Waals surface area contributed by atoms with E-state index in [1.807, 2.05) is 6.92 Å². The Morgan fingerprint density at radius 3 is 2.48 bits per heavy atom. The van der Waals surface area contributed by atoms with E-state index in [2.05, 4.69) is 26.6 Å². The molecule has 0 saturated carbocycles. The predicted molar refractivity (Wildman–Crippen MR) is 102 cm³/mol. The van der Waals surface area contributed by atoms with Crippen molar-refractivity contribution in [1.82, 2.24) is 5.32 Å². The van der Waals surface area contributed by atoms with Crippen LogP contribution in [-0.4, -0.2) is 18.4 Å². The van der Waals surface area contributed by atoms with E-state index in [1.165, 1.54) is 6.92 Å². The van der Waals surface area contributed by atoms with Crippen LogP contribution < -0.4 is 15.4 Å². The number of ether oxygens (including phenoxy) is 1. The molecular weight excluding hydrogens is 408 g/mol. The van der Waals surface area contributed by atoms with Gasteiger partial charge in [0.2, 0.25) is 5.91 Å². The zero-order valence-corrected chi connectivity index (χ0v) is 16.2. The van der Waals surface area contributed by atoms with E-state index in [-0.39, 0.29) is 11.8 Å². The van der Waals surface area contributed by atoms with E-state index in [1.54, 1.807) is 36.4 Å². The third-order valence-corrected chi connectivity index (χ3v) is 4.11. The normalized spacial score (nSPS) is 10.2. The van der Waals surface area contributed by atoms with Gasteiger partial charge in [-0.1, -0.05) is 23.7 Å². The van der Waals surface area contributed by atoms with Crippen LogP contribution in [0.5, 0.6) is 5.75 Å². The molecule has 0 aromatic heterocycles. The monoisotopic (exact) mass is 424 g/mol. The lowest BCUT2D eigenvalue weighted by Gasteiger charge is -2.14. The molecule has 0 heterocycles. The number of carbonyl (C=O) groups excluding carboxylic acids is 2. The number of hydrogen-bond donors (Lipinski definition) is 2. The molecule has 5 nitrogen and oxygen atoms in total. The molecule has 2 aromatic carbocycles. The van der Waals surface area contributed by atoms with Crippen molar-refractivity contribution in [3.05, 3.63) is 57.0 Å². The summed E-state index contributed by atoms with van der Waals surface area (Å²) >= 11 is 9.45. The van der Waals surface area contributed by atoms with Gasteiger partial charge in [-0.05, 0) is 52.7 Å². The highest BCUT2D eigenvalue weighted by Gasteiger charge is 2.14. The number of benzene rings is 2. The fraction of sp³-hybridized carbons (Fsp3) is 0.222. The van der Waals surface area contributed by atoms with Crippen molar-refractivity contribution in [3.8, 4) is 5.75 Å². The highest BCUT2D eigenvalue weighted by molar-refractivity contribution is 9.10. The first-order valence-corrected chi connectivity index (χ1v) is 8.84. The van der Waals surface area contributed by atoms with Gasteiger partial charge in [0.15, 0.2) is 5.75 Å². The van der Waals surface area contributed by atoms with Crippen LogP contribution in [0.2, 0.25) is 5.02 Å². The largest absolute Gasteiger partial charge is 0.491 e. The molecule has 0 bridgehead atoms. The molecule has 25 heavy (non-hydrogen) atoms. The van der Waals surface area contributed by atoms with E-state index >= 15 is 0 Å². The van der Waals surface area contributed by atoms with Crippen LogP contribution >= 0.6 is 27.5 Å². The summed E-state index contributed by atoms with van der Waals surface area (Å²) in [5, 5.41) is 6.01. The number of rotatable bonds is 6. The van der Waals surface area contributed by atoms with Crippen LogP contribution in [0, 0.1) is 0 Å². The van der Waals surface area contributed by atoms with E-state index < -0.39 is 0 Å². The predicted octanol–water partition coefficient (Wildman–Crippen LogP) is 4.39. The molecule has 7 heteroatoms. The van der Waals surface area contributed by atoms with E-state index in [9.17, 15) is 9.59 Å². The molecule has 2 N–H and O–H groups in total. The van der Waals surface area contributed by atoms with Crippen molar-refractivity contribution in [1.29, 1.82) is 0 Å². The van der Waals surface area contributed by atoms with Crippen molar-refractivity contribution in [2.45, 2.75) is 20.4 Å². The van der Waals surface area contributed by atoms with Crippen LogP contribution in [0.3, 0.4) is 0 Å². The van der Waals surface area contributed by atoms with Crippen molar-refractivity contribution in [2.24, 2.45) is 0 Å². The zero-order valence-electron chi connectivity index (χ0n) is 13.9. The first-order chi connectivity index (χ1) is 11.9. The number of nitrogens with one attached hydrogen (secondary N) is 2. The second-order valence-electron chi connectivity index (χ2n) is 5.26. The molecule has 0 spiro atoms. The minimum Gasteiger partial charge on any atom is -0.491 e. The molecular formula is C18H18BrClN2O3. The van der Waals surface area contributed by atoms with Crippen LogP contribution in [0.1, 0.15) is 29.8 Å². The van der Waals surface area contributed by atoms with E-state index in [4.69, 9.17) is 16.3 Å². The summed E-state index contributed by atoms with van der Waals surface area (Å²) in [6.45, 7) is 4.20. The lowest BCUT2D eigenvalue weighted by molar-refractivity contribution is -0.119. The molecule has 2 amide bonds. The highest BCUT2D eigenvalue weighted by Crippen LogP contribution is 2.36. The first kappa shape index (κ1) is 19.3. The van der Waals surface area contributed by atoms with Gasteiger partial charge in [-0.15, -0.1) is 0 Å². The number of amides is 2. The summed E-state index contributed by atoms with van der Waals surface area (Å²) in [6.07, 6.45) is 0. The first-order valence-electron chi connectivity index (χ1n) is 7.67. The Morgan fingerprint density at radius 1 is 1.20 bits per heavy atom. The maximum atomic E-state index is 12.5. The zero-order chi connectivity index (χ0) is 18.4. The summed E-state index contributed by atoms with van der Waals surface area (Å²) in [5.41, 5.74) is 1.89. The molecule has 2 aromatic rings. The van der Waals surface area contributed by atoms with Gasteiger partial charge in [0, 0.05) is 24.1 Å². The minimum atomic E-state index is -0.277. The Morgan fingerprint density at radius 2 is 1.88 bits per heavy atom. The Labute approximate surface area is 159 Å². The molecule has 0 radical (unpaired) electrons. The molecule has 0 fully saturated rings. The maximum Gasteiger partial charge on any atom is 0.255 e. The smallest absolute Gasteiger partial charge is 0.255 e. The van der Waals surface area contributed by atoms with Gasteiger partial charge in [-0.25, -0.2) is 0 Å². The Bertz CT molecular complexity index is 779. The Hall–Kier alpha value is -2.05. The van der Waals surface area contributed by atoms with Gasteiger partial charge in [-0.2, -0.15) is 0 Å². The summed E-state index contributed by atoms with van der Waals surface area (Å²) < 4.78 is 6.24. The fourth-order valence-corrected chi connectivity index (χ4v) is 3.06. The van der Waals surface area contributed by atoms with Crippen molar-refractivity contribution in [2.75, 3.05) is 11.9 Å². The van der Waals surface area contributed by atoms with Crippen molar-refractivity contribution >= 4 is 45.0 Å². The second-order valence-corrected chi connectivity index (χ2v) is 6.55. The fourth-order valence-electron chi connectivity index (χ4n) is 2.14. The summed E-state index contributed by atoms with van der Waals surface area (Å²) in [4.78, 5) is 23.4. The van der Waals surface area contributed by atoms with Gasteiger partial charge in [0.05, 0.1) is 16.8 Å². The highest BCUT2D eigenvalue weighted by atomic mass is 79.9. The van der Waals surface area contributed by atoms with Crippen LogP contribution in [0.15, 0.2) is 40.9 Å². The minimum absolute atomic E-state index is 0.100. The average molecular weight is 426 g/mol. The lowest BCUT2D eigenvalue weighted by atomic mass is 10.1. The lowest BCUT2D eigenvalue weighted by Crippen LogP contribution is -2.19. The SMILES string of the molecule is CCOc1c(Br)cc(Cl)cc1NC(=O)c1ccc(CNC(C)=O)cc1. The molecule has 2 rings (SSSR count). The summed E-state index contributed by atoms with van der Waals surface area (Å²) in [6, 6.07) is 10.3. The van der Waals surface area contributed by atoms with Crippen molar-refractivity contribution in [3.63, 3.8) is 0 Å². The number of hydrogen-bond acceptors (Lipinski definition) is 3. The molecule has 0 aliphatic rings. The van der Waals surface area contributed by atoms with Gasteiger partial charge in [-0.3, -0.25) is 9.59 Å². The van der Waals surface area contributed by atoms with Gasteiger partial charge in [0.25, 0.3) is 5.91 Å².